The molecule has 1 aromatic heterocycles. The average molecular weight is 242 g/mol. The number of aromatic nitrogens is 1. The van der Waals surface area contributed by atoms with E-state index in [9.17, 15) is 4.79 Å². The molecule has 1 aliphatic rings. The van der Waals surface area contributed by atoms with Gasteiger partial charge in [-0.2, -0.15) is 5.26 Å². The van der Waals surface area contributed by atoms with Crippen LogP contribution in [0.1, 0.15) is 12.0 Å². The number of hydrogen-bond acceptors (Lipinski definition) is 4. The summed E-state index contributed by atoms with van der Waals surface area (Å²) in [5.74, 6) is -0.0100. The largest absolute Gasteiger partial charge is 0.311 e. The van der Waals surface area contributed by atoms with Crippen LogP contribution in [0.4, 0.5) is 5.69 Å². The van der Waals surface area contributed by atoms with Crippen molar-refractivity contribution in [3.05, 3.63) is 34.5 Å². The molecular weight excluding hydrogens is 232 g/mol. The summed E-state index contributed by atoms with van der Waals surface area (Å²) < 4.78 is 0. The lowest BCUT2D eigenvalue weighted by molar-refractivity contribution is -0.117. The van der Waals surface area contributed by atoms with Crippen molar-refractivity contribution in [2.24, 2.45) is 11.0 Å². The summed E-state index contributed by atoms with van der Waals surface area (Å²) in [7, 11) is 0. The van der Waals surface area contributed by atoms with Gasteiger partial charge in [0.1, 0.15) is 6.07 Å². The van der Waals surface area contributed by atoms with Gasteiger partial charge in [0.25, 0.3) is 0 Å². The monoisotopic (exact) mass is 242 g/mol. The van der Waals surface area contributed by atoms with Crippen LogP contribution in [0.25, 0.3) is 10.4 Å². The Morgan fingerprint density at radius 3 is 3.22 bits per heavy atom. The Balaban J connectivity index is 2.16. The molecule has 0 radical (unpaired) electrons. The molecule has 7 heteroatoms. The summed E-state index contributed by atoms with van der Waals surface area (Å²) in [6.07, 6.45) is 3.35. The molecule has 0 N–H and O–H groups in total. The van der Waals surface area contributed by atoms with Crippen molar-refractivity contribution < 1.29 is 4.79 Å². The predicted octanol–water partition coefficient (Wildman–Crippen LogP) is 1.62. The summed E-state index contributed by atoms with van der Waals surface area (Å²) in [4.78, 5) is 20.0. The van der Waals surface area contributed by atoms with Gasteiger partial charge in [-0.25, -0.2) is 0 Å². The lowest BCUT2D eigenvalue weighted by atomic mass is 10.1. The fourth-order valence-corrected chi connectivity index (χ4v) is 1.94. The average Bonchev–Trinajstić information content (AvgIpc) is 2.77. The number of carbonyl (C=O) groups excluding carboxylic acids is 1. The number of anilines is 1. The molecule has 1 amide bonds. The molecule has 1 fully saturated rings. The fourth-order valence-electron chi connectivity index (χ4n) is 1.94. The molecule has 0 aliphatic carbocycles. The van der Waals surface area contributed by atoms with Gasteiger partial charge in [-0.05, 0) is 17.5 Å². The van der Waals surface area contributed by atoms with Gasteiger partial charge in [-0.15, -0.1) is 0 Å². The van der Waals surface area contributed by atoms with Crippen molar-refractivity contribution in [2.45, 2.75) is 6.42 Å². The van der Waals surface area contributed by atoms with Crippen molar-refractivity contribution in [3.63, 3.8) is 0 Å². The van der Waals surface area contributed by atoms with Crippen LogP contribution in [0.2, 0.25) is 0 Å². The number of hydrogen-bond donors (Lipinski definition) is 0. The van der Waals surface area contributed by atoms with Crippen molar-refractivity contribution in [2.75, 3.05) is 18.0 Å². The number of amides is 1. The van der Waals surface area contributed by atoms with Crippen LogP contribution < -0.4 is 4.90 Å². The van der Waals surface area contributed by atoms with Crippen LogP contribution in [-0.2, 0) is 4.79 Å². The Kier molecular flexibility index (Phi) is 3.41. The molecule has 1 atom stereocenters. The minimum Gasteiger partial charge on any atom is -0.311 e. The van der Waals surface area contributed by atoms with Gasteiger partial charge in [-0.1, -0.05) is 5.11 Å². The Hall–Kier alpha value is -2.58. The first kappa shape index (κ1) is 11.9. The van der Waals surface area contributed by atoms with Crippen LogP contribution in [0.15, 0.2) is 23.6 Å². The summed E-state index contributed by atoms with van der Waals surface area (Å²) in [5.41, 5.74) is 9.29. The van der Waals surface area contributed by atoms with Gasteiger partial charge in [0.15, 0.2) is 0 Å². The highest BCUT2D eigenvalue weighted by atomic mass is 16.2. The first-order chi connectivity index (χ1) is 8.74. The third-order valence-corrected chi connectivity index (χ3v) is 2.77. The maximum Gasteiger partial charge on any atom is 0.227 e. The SMILES string of the molecule is N#Cc1cncc(N2CC(CN=[N+]=[N-])CC2=O)c1. The number of pyridine rings is 1. The van der Waals surface area contributed by atoms with E-state index < -0.39 is 0 Å². The first-order valence-electron chi connectivity index (χ1n) is 5.41. The number of azide groups is 1. The van der Waals surface area contributed by atoms with Gasteiger partial charge < -0.3 is 4.90 Å². The van der Waals surface area contributed by atoms with Gasteiger partial charge >= 0.3 is 0 Å². The van der Waals surface area contributed by atoms with Crippen LogP contribution in [-0.4, -0.2) is 24.0 Å². The second-order valence-corrected chi connectivity index (χ2v) is 4.03. The zero-order valence-electron chi connectivity index (χ0n) is 9.52. The highest BCUT2D eigenvalue weighted by Gasteiger charge is 2.30. The van der Waals surface area contributed by atoms with E-state index in [0.29, 0.717) is 30.8 Å². The van der Waals surface area contributed by atoms with E-state index >= 15 is 0 Å². The Labute approximate surface area is 103 Å². The zero-order chi connectivity index (χ0) is 13.0. The molecule has 2 rings (SSSR count). The van der Waals surface area contributed by atoms with Crippen molar-refractivity contribution in [1.29, 1.82) is 5.26 Å². The van der Waals surface area contributed by atoms with E-state index in [2.05, 4.69) is 15.0 Å². The highest BCUT2D eigenvalue weighted by molar-refractivity contribution is 5.95. The van der Waals surface area contributed by atoms with Crippen LogP contribution in [0.5, 0.6) is 0 Å². The predicted molar refractivity (Wildman–Crippen MR) is 63.4 cm³/mol. The molecule has 1 unspecified atom stereocenters. The summed E-state index contributed by atoms with van der Waals surface area (Å²) in [6.45, 7) is 0.804. The van der Waals surface area contributed by atoms with E-state index in [4.69, 9.17) is 10.8 Å². The standard InChI is InChI=1S/C11H10N6O/c12-3-8-1-10(6-14-4-8)17-7-9(2-11(17)18)5-15-16-13/h1,4,6,9H,2,5,7H2. The number of carbonyl (C=O) groups is 1. The minimum atomic E-state index is -0.0370. The molecule has 1 saturated heterocycles. The Morgan fingerprint density at radius 2 is 2.50 bits per heavy atom. The molecule has 90 valence electrons. The molecule has 7 nitrogen and oxygen atoms in total. The zero-order valence-corrected chi connectivity index (χ0v) is 9.52. The maximum absolute atomic E-state index is 11.8. The normalized spacial score (nSPS) is 18.3. The van der Waals surface area contributed by atoms with E-state index in [0.717, 1.165) is 0 Å². The van der Waals surface area contributed by atoms with Crippen LogP contribution in [0.3, 0.4) is 0 Å². The topological polar surface area (TPSA) is 106 Å². The fraction of sp³-hybridized carbons (Fsp3) is 0.364. The van der Waals surface area contributed by atoms with Gasteiger partial charge in [0.05, 0.1) is 17.4 Å². The van der Waals surface area contributed by atoms with E-state index in [1.54, 1.807) is 17.2 Å². The molecule has 1 aliphatic heterocycles. The maximum atomic E-state index is 11.8. The molecule has 0 saturated carbocycles. The molecule has 18 heavy (non-hydrogen) atoms. The van der Waals surface area contributed by atoms with Crippen LogP contribution >= 0.6 is 0 Å². The van der Waals surface area contributed by atoms with E-state index in [1.165, 1.54) is 6.20 Å². The molecule has 2 heterocycles. The summed E-state index contributed by atoms with van der Waals surface area (Å²) in [6, 6.07) is 3.61. The lowest BCUT2D eigenvalue weighted by Crippen LogP contribution is -2.24. The number of nitrogens with zero attached hydrogens (tertiary/aromatic N) is 6. The first-order valence-corrected chi connectivity index (χ1v) is 5.41. The molecule has 0 spiro atoms. The second kappa shape index (κ2) is 5.17. The second-order valence-electron chi connectivity index (χ2n) is 4.03. The van der Waals surface area contributed by atoms with E-state index in [-0.39, 0.29) is 11.8 Å². The molecule has 1 aromatic rings. The van der Waals surface area contributed by atoms with Crippen molar-refractivity contribution in [3.8, 4) is 6.07 Å². The Morgan fingerprint density at radius 1 is 1.67 bits per heavy atom. The van der Waals surface area contributed by atoms with E-state index in [1.807, 2.05) is 6.07 Å². The highest BCUT2D eigenvalue weighted by Crippen LogP contribution is 2.25. The minimum absolute atomic E-state index is 0.0270. The third kappa shape index (κ3) is 2.39. The van der Waals surface area contributed by atoms with Gasteiger partial charge in [-0.3, -0.25) is 9.78 Å². The summed E-state index contributed by atoms with van der Waals surface area (Å²) >= 11 is 0. The number of rotatable bonds is 3. The third-order valence-electron chi connectivity index (χ3n) is 2.77. The van der Waals surface area contributed by atoms with Crippen molar-refractivity contribution in [1.82, 2.24) is 4.98 Å². The lowest BCUT2D eigenvalue weighted by Gasteiger charge is -2.15. The Bertz CT molecular complexity index is 557. The molecular formula is C11H10N6O. The molecule has 0 aromatic carbocycles. The van der Waals surface area contributed by atoms with Gasteiger partial charge in [0.2, 0.25) is 5.91 Å². The van der Waals surface area contributed by atoms with Crippen molar-refractivity contribution >= 4 is 11.6 Å². The van der Waals surface area contributed by atoms with Crippen LogP contribution in [0, 0.1) is 17.2 Å². The number of nitriles is 1. The molecule has 0 bridgehead atoms. The summed E-state index contributed by atoms with van der Waals surface area (Å²) in [5, 5.41) is 12.3. The quantitative estimate of drug-likeness (QED) is 0.456. The van der Waals surface area contributed by atoms with Gasteiger partial charge in [0, 0.05) is 30.6 Å². The smallest absolute Gasteiger partial charge is 0.227 e.